The maximum Gasteiger partial charge on any atom is 0.343 e. The number of rotatable bonds is 6. The number of carbonyl (C=O) groups is 2. The molecule has 0 saturated heterocycles. The summed E-state index contributed by atoms with van der Waals surface area (Å²) in [5.74, 6) is -0.437. The Kier molecular flexibility index (Phi) is 5.87. The standard InChI is InChI=1S/C23H18O5/c1-27-21-13-7-10-16(14-15-20(25)18-11-5-6-12-19(18)24)22(21)28-23(26)17-8-3-2-4-9-17/h2-15,24H,1H3/b15-14+. The van der Waals surface area contributed by atoms with Gasteiger partial charge in [0.15, 0.2) is 17.3 Å². The molecular weight excluding hydrogens is 356 g/mol. The summed E-state index contributed by atoms with van der Waals surface area (Å²) < 4.78 is 10.8. The first-order valence-electron chi connectivity index (χ1n) is 8.55. The van der Waals surface area contributed by atoms with Crippen LogP contribution in [0.5, 0.6) is 17.2 Å². The summed E-state index contributed by atoms with van der Waals surface area (Å²) in [4.78, 5) is 24.8. The second-order valence-corrected chi connectivity index (χ2v) is 5.85. The van der Waals surface area contributed by atoms with Crippen LogP contribution in [0.3, 0.4) is 0 Å². The molecule has 0 spiro atoms. The molecule has 0 aliphatic carbocycles. The van der Waals surface area contributed by atoms with Gasteiger partial charge in [0.2, 0.25) is 0 Å². The number of allylic oxidation sites excluding steroid dienone is 1. The lowest BCUT2D eigenvalue weighted by Crippen LogP contribution is -2.10. The topological polar surface area (TPSA) is 72.8 Å². The van der Waals surface area contributed by atoms with E-state index >= 15 is 0 Å². The normalized spacial score (nSPS) is 10.6. The number of phenolic OH excluding ortho intramolecular Hbond substituents is 1. The summed E-state index contributed by atoms with van der Waals surface area (Å²) in [7, 11) is 1.47. The molecule has 0 unspecified atom stereocenters. The fourth-order valence-corrected chi connectivity index (χ4v) is 2.60. The molecule has 3 aromatic rings. The number of methoxy groups -OCH3 is 1. The number of ether oxygens (including phenoxy) is 2. The zero-order valence-corrected chi connectivity index (χ0v) is 15.2. The molecule has 140 valence electrons. The molecule has 0 amide bonds. The van der Waals surface area contributed by atoms with Crippen LogP contribution in [0, 0.1) is 0 Å². The van der Waals surface area contributed by atoms with E-state index in [9.17, 15) is 14.7 Å². The van der Waals surface area contributed by atoms with Gasteiger partial charge in [-0.1, -0.05) is 42.5 Å². The van der Waals surface area contributed by atoms with Crippen molar-refractivity contribution >= 4 is 17.8 Å². The third-order valence-corrected chi connectivity index (χ3v) is 4.02. The second kappa shape index (κ2) is 8.68. The van der Waals surface area contributed by atoms with E-state index < -0.39 is 5.97 Å². The summed E-state index contributed by atoms with van der Waals surface area (Å²) in [5.41, 5.74) is 1.07. The van der Waals surface area contributed by atoms with E-state index in [0.717, 1.165) is 0 Å². The van der Waals surface area contributed by atoms with Crippen molar-refractivity contribution < 1.29 is 24.2 Å². The fourth-order valence-electron chi connectivity index (χ4n) is 2.60. The Hall–Kier alpha value is -3.86. The molecule has 0 fully saturated rings. The average Bonchev–Trinajstić information content (AvgIpc) is 2.73. The molecule has 0 bridgehead atoms. The zero-order valence-electron chi connectivity index (χ0n) is 15.2. The lowest BCUT2D eigenvalue weighted by Gasteiger charge is -2.12. The van der Waals surface area contributed by atoms with Crippen molar-refractivity contribution in [2.45, 2.75) is 0 Å². The van der Waals surface area contributed by atoms with Crippen molar-refractivity contribution in [2.24, 2.45) is 0 Å². The Bertz CT molecular complexity index is 1020. The van der Waals surface area contributed by atoms with Crippen LogP contribution in [0.1, 0.15) is 26.3 Å². The zero-order chi connectivity index (χ0) is 19.9. The van der Waals surface area contributed by atoms with Crippen LogP contribution in [-0.2, 0) is 0 Å². The number of esters is 1. The maximum absolute atomic E-state index is 12.4. The van der Waals surface area contributed by atoms with E-state index in [-0.39, 0.29) is 22.8 Å². The predicted molar refractivity (Wildman–Crippen MR) is 106 cm³/mol. The smallest absolute Gasteiger partial charge is 0.343 e. The minimum atomic E-state index is -0.535. The molecule has 0 aliphatic rings. The summed E-state index contributed by atoms with van der Waals surface area (Å²) in [6.45, 7) is 0. The lowest BCUT2D eigenvalue weighted by atomic mass is 10.1. The highest BCUT2D eigenvalue weighted by atomic mass is 16.6. The highest BCUT2D eigenvalue weighted by molar-refractivity contribution is 6.08. The van der Waals surface area contributed by atoms with Crippen molar-refractivity contribution in [3.05, 3.63) is 95.6 Å². The molecule has 3 rings (SSSR count). The number of hydrogen-bond donors (Lipinski definition) is 1. The molecule has 0 atom stereocenters. The van der Waals surface area contributed by atoms with E-state index in [2.05, 4.69) is 0 Å². The molecule has 3 aromatic carbocycles. The van der Waals surface area contributed by atoms with E-state index in [4.69, 9.17) is 9.47 Å². The molecule has 5 heteroatoms. The summed E-state index contributed by atoms with van der Waals surface area (Å²) in [6, 6.07) is 19.9. The van der Waals surface area contributed by atoms with Crippen LogP contribution in [0.2, 0.25) is 0 Å². The number of ketones is 1. The van der Waals surface area contributed by atoms with Crippen LogP contribution in [0.25, 0.3) is 6.08 Å². The van der Waals surface area contributed by atoms with Gasteiger partial charge in [-0.2, -0.15) is 0 Å². The monoisotopic (exact) mass is 374 g/mol. The highest BCUT2D eigenvalue weighted by Gasteiger charge is 2.15. The molecular formula is C23H18O5. The van der Waals surface area contributed by atoms with Crippen LogP contribution in [0.15, 0.2) is 78.9 Å². The predicted octanol–water partition coefficient (Wildman–Crippen LogP) is 4.52. The van der Waals surface area contributed by atoms with Gasteiger partial charge < -0.3 is 14.6 Å². The van der Waals surface area contributed by atoms with E-state index in [1.54, 1.807) is 60.7 Å². The number of hydrogen-bond acceptors (Lipinski definition) is 5. The third kappa shape index (κ3) is 4.27. The molecule has 5 nitrogen and oxygen atoms in total. The number of phenols is 1. The molecule has 28 heavy (non-hydrogen) atoms. The molecule has 0 aliphatic heterocycles. The van der Waals surface area contributed by atoms with Crippen molar-refractivity contribution in [1.29, 1.82) is 0 Å². The quantitative estimate of drug-likeness (QED) is 0.297. The van der Waals surface area contributed by atoms with Gasteiger partial charge in [0.25, 0.3) is 0 Å². The fraction of sp³-hybridized carbons (Fsp3) is 0.0435. The SMILES string of the molecule is COc1cccc(/C=C/C(=O)c2ccccc2O)c1OC(=O)c1ccccc1. The van der Waals surface area contributed by atoms with Gasteiger partial charge in [-0.25, -0.2) is 4.79 Å². The minimum absolute atomic E-state index is 0.0986. The Morgan fingerprint density at radius 3 is 2.32 bits per heavy atom. The highest BCUT2D eigenvalue weighted by Crippen LogP contribution is 2.33. The summed E-state index contributed by atoms with van der Waals surface area (Å²) in [5, 5.41) is 9.82. The van der Waals surface area contributed by atoms with Crippen molar-refractivity contribution in [2.75, 3.05) is 7.11 Å². The lowest BCUT2D eigenvalue weighted by molar-refractivity contribution is 0.0729. The van der Waals surface area contributed by atoms with Crippen LogP contribution in [0.4, 0.5) is 0 Å². The Labute approximate surface area is 162 Å². The van der Waals surface area contributed by atoms with Gasteiger partial charge in [-0.05, 0) is 42.5 Å². The van der Waals surface area contributed by atoms with Gasteiger partial charge in [0.1, 0.15) is 5.75 Å². The van der Waals surface area contributed by atoms with Gasteiger partial charge in [0, 0.05) is 5.56 Å². The van der Waals surface area contributed by atoms with Crippen molar-refractivity contribution in [3.8, 4) is 17.2 Å². The van der Waals surface area contributed by atoms with Crippen LogP contribution in [-0.4, -0.2) is 24.0 Å². The number of aromatic hydroxyl groups is 1. The van der Waals surface area contributed by atoms with Gasteiger partial charge in [0.05, 0.1) is 18.2 Å². The first-order chi connectivity index (χ1) is 13.6. The minimum Gasteiger partial charge on any atom is -0.507 e. The number of para-hydroxylation sites is 2. The molecule has 0 radical (unpaired) electrons. The van der Waals surface area contributed by atoms with Crippen molar-refractivity contribution in [3.63, 3.8) is 0 Å². The third-order valence-electron chi connectivity index (χ3n) is 4.02. The number of carbonyl (C=O) groups excluding carboxylic acids is 2. The molecule has 0 heterocycles. The van der Waals surface area contributed by atoms with Crippen LogP contribution < -0.4 is 9.47 Å². The van der Waals surface area contributed by atoms with Gasteiger partial charge in [-0.15, -0.1) is 0 Å². The van der Waals surface area contributed by atoms with Crippen molar-refractivity contribution in [1.82, 2.24) is 0 Å². The molecule has 0 aromatic heterocycles. The average molecular weight is 374 g/mol. The van der Waals surface area contributed by atoms with Gasteiger partial charge in [-0.3, -0.25) is 4.79 Å². The van der Waals surface area contributed by atoms with Gasteiger partial charge >= 0.3 is 5.97 Å². The van der Waals surface area contributed by atoms with E-state index in [1.807, 2.05) is 0 Å². The number of benzene rings is 3. The Balaban J connectivity index is 1.90. The first kappa shape index (κ1) is 18.9. The molecule has 1 N–H and O–H groups in total. The first-order valence-corrected chi connectivity index (χ1v) is 8.55. The molecule has 0 saturated carbocycles. The van der Waals surface area contributed by atoms with Crippen LogP contribution >= 0.6 is 0 Å². The summed E-state index contributed by atoms with van der Waals surface area (Å²) >= 11 is 0. The van der Waals surface area contributed by atoms with E-state index in [1.165, 1.54) is 31.4 Å². The maximum atomic E-state index is 12.4. The summed E-state index contributed by atoms with van der Waals surface area (Å²) in [6.07, 6.45) is 2.83. The van der Waals surface area contributed by atoms with E-state index in [0.29, 0.717) is 16.9 Å². The second-order valence-electron chi connectivity index (χ2n) is 5.85. The largest absolute Gasteiger partial charge is 0.507 e. The Morgan fingerprint density at radius 1 is 0.893 bits per heavy atom. The Morgan fingerprint density at radius 2 is 1.61 bits per heavy atom.